The predicted molar refractivity (Wildman–Crippen MR) is 106 cm³/mol. The number of anilines is 1. The van der Waals surface area contributed by atoms with Crippen LogP contribution >= 0.6 is 0 Å². The average Bonchev–Trinajstić information content (AvgIpc) is 3.07. The van der Waals surface area contributed by atoms with Crippen LogP contribution in [0.4, 0.5) is 5.69 Å². The summed E-state index contributed by atoms with van der Waals surface area (Å²) < 4.78 is 7.99. The second-order valence-electron chi connectivity index (χ2n) is 7.64. The number of aliphatic hydroxyl groups excluding tert-OH is 1. The highest BCUT2D eigenvalue weighted by Crippen LogP contribution is 2.43. The van der Waals surface area contributed by atoms with Crippen molar-refractivity contribution in [2.24, 2.45) is 5.92 Å². The number of aromatic nitrogens is 2. The molecule has 1 aliphatic rings. The van der Waals surface area contributed by atoms with E-state index in [1.807, 2.05) is 23.2 Å². The molecule has 0 fully saturated rings. The Hall–Kier alpha value is -2.34. The second kappa shape index (κ2) is 8.13. The third-order valence-corrected chi connectivity index (χ3v) is 4.92. The van der Waals surface area contributed by atoms with Gasteiger partial charge in [-0.15, -0.1) is 0 Å². The molecule has 1 aliphatic heterocycles. The first-order valence-electron chi connectivity index (χ1n) is 9.64. The lowest BCUT2D eigenvalue weighted by Crippen LogP contribution is -2.40. The number of fused-ring (bicyclic) bond motifs is 1. The monoisotopic (exact) mass is 371 g/mol. The van der Waals surface area contributed by atoms with E-state index in [1.54, 1.807) is 17.8 Å². The molecule has 0 spiro atoms. The number of carbonyl (C=O) groups is 1. The lowest BCUT2D eigenvalue weighted by atomic mass is 9.92. The van der Waals surface area contributed by atoms with Gasteiger partial charge in [0.1, 0.15) is 5.75 Å². The zero-order valence-corrected chi connectivity index (χ0v) is 16.6. The normalized spacial score (nSPS) is 16.5. The molecule has 0 aliphatic carbocycles. The summed E-state index contributed by atoms with van der Waals surface area (Å²) in [6, 6.07) is 4.22. The van der Waals surface area contributed by atoms with Crippen LogP contribution < -0.4 is 9.64 Å². The molecule has 0 radical (unpaired) electrons. The van der Waals surface area contributed by atoms with Gasteiger partial charge in [0.15, 0.2) is 0 Å². The maximum absolute atomic E-state index is 12.2. The van der Waals surface area contributed by atoms with Crippen LogP contribution in [0.1, 0.15) is 39.7 Å². The van der Waals surface area contributed by atoms with E-state index >= 15 is 0 Å². The van der Waals surface area contributed by atoms with Crippen molar-refractivity contribution in [2.75, 3.05) is 18.1 Å². The lowest BCUT2D eigenvalue weighted by molar-refractivity contribution is -0.117. The Kier molecular flexibility index (Phi) is 5.85. The third kappa shape index (κ3) is 4.00. The van der Waals surface area contributed by atoms with Gasteiger partial charge in [-0.25, -0.2) is 0 Å². The number of hydrogen-bond donors (Lipinski definition) is 1. The van der Waals surface area contributed by atoms with E-state index in [-0.39, 0.29) is 18.6 Å². The molecule has 6 heteroatoms. The number of nitrogens with zero attached hydrogens (tertiary/aromatic N) is 3. The predicted octanol–water partition coefficient (Wildman–Crippen LogP) is 3.26. The smallest absolute Gasteiger partial charge is 0.224 e. The van der Waals surface area contributed by atoms with E-state index in [0.29, 0.717) is 19.1 Å². The number of aliphatic hydroxyl groups is 1. The van der Waals surface area contributed by atoms with Gasteiger partial charge in [0.2, 0.25) is 5.91 Å². The molecule has 0 bridgehead atoms. The molecule has 0 unspecified atom stereocenters. The zero-order chi connectivity index (χ0) is 19.6. The summed E-state index contributed by atoms with van der Waals surface area (Å²) in [5.41, 5.74) is 3.98. The summed E-state index contributed by atoms with van der Waals surface area (Å²) >= 11 is 0. The van der Waals surface area contributed by atoms with Crippen molar-refractivity contribution >= 4 is 11.6 Å². The number of carbonyl (C=O) groups excluding carboxylic acids is 1. The van der Waals surface area contributed by atoms with Crippen molar-refractivity contribution < 1.29 is 14.6 Å². The second-order valence-corrected chi connectivity index (χ2v) is 7.64. The maximum Gasteiger partial charge on any atom is 0.224 e. The quantitative estimate of drug-likeness (QED) is 0.846. The molecule has 3 rings (SSSR count). The van der Waals surface area contributed by atoms with Crippen LogP contribution in [-0.2, 0) is 17.8 Å². The van der Waals surface area contributed by atoms with Gasteiger partial charge >= 0.3 is 0 Å². The Bertz CT molecular complexity index is 813. The molecule has 1 N–H and O–H groups in total. The fourth-order valence-corrected chi connectivity index (χ4v) is 3.65. The Morgan fingerprint density at radius 3 is 2.85 bits per heavy atom. The van der Waals surface area contributed by atoms with Crippen LogP contribution in [0.2, 0.25) is 0 Å². The molecule has 0 saturated heterocycles. The SMILES string of the molecule is CC(=O)N1c2ccc(-c3cnn(CCO)c3)c(OCC(C)C)c2CC[C@@H]1C. The molecule has 1 amide bonds. The van der Waals surface area contributed by atoms with Crippen LogP contribution in [-0.4, -0.2) is 40.0 Å². The Balaban J connectivity index is 2.09. The summed E-state index contributed by atoms with van der Waals surface area (Å²) in [5, 5.41) is 13.5. The van der Waals surface area contributed by atoms with Crippen LogP contribution in [0.25, 0.3) is 11.1 Å². The van der Waals surface area contributed by atoms with Gasteiger partial charge < -0.3 is 14.7 Å². The van der Waals surface area contributed by atoms with E-state index in [9.17, 15) is 4.79 Å². The van der Waals surface area contributed by atoms with Crippen molar-refractivity contribution in [2.45, 2.75) is 53.1 Å². The fourth-order valence-electron chi connectivity index (χ4n) is 3.65. The first-order valence-corrected chi connectivity index (χ1v) is 9.64. The fraction of sp³-hybridized carbons (Fsp3) is 0.524. The summed E-state index contributed by atoms with van der Waals surface area (Å²) in [5.74, 6) is 1.31. The topological polar surface area (TPSA) is 67.6 Å². The molecule has 146 valence electrons. The van der Waals surface area contributed by atoms with Crippen LogP contribution in [0.3, 0.4) is 0 Å². The van der Waals surface area contributed by atoms with Gasteiger partial charge in [0.25, 0.3) is 0 Å². The van der Waals surface area contributed by atoms with Crippen molar-refractivity contribution in [1.29, 1.82) is 0 Å². The largest absolute Gasteiger partial charge is 0.492 e. The average molecular weight is 371 g/mol. The summed E-state index contributed by atoms with van der Waals surface area (Å²) in [4.78, 5) is 14.1. The van der Waals surface area contributed by atoms with Gasteiger partial charge in [0.05, 0.1) is 31.6 Å². The van der Waals surface area contributed by atoms with Crippen molar-refractivity contribution in [3.8, 4) is 16.9 Å². The number of benzene rings is 1. The van der Waals surface area contributed by atoms with E-state index in [0.717, 1.165) is 41.0 Å². The zero-order valence-electron chi connectivity index (χ0n) is 16.6. The molecule has 0 saturated carbocycles. The molecule has 1 aromatic heterocycles. The Labute approximate surface area is 160 Å². The van der Waals surface area contributed by atoms with Crippen LogP contribution in [0.5, 0.6) is 5.75 Å². The number of rotatable bonds is 6. The minimum absolute atomic E-state index is 0.0491. The maximum atomic E-state index is 12.2. The minimum Gasteiger partial charge on any atom is -0.492 e. The van der Waals surface area contributed by atoms with E-state index in [2.05, 4.69) is 25.9 Å². The molecule has 2 aromatic rings. The van der Waals surface area contributed by atoms with E-state index in [1.165, 1.54) is 0 Å². The molecule has 1 atom stereocenters. The first-order chi connectivity index (χ1) is 12.9. The van der Waals surface area contributed by atoms with Gasteiger partial charge in [0, 0.05) is 35.9 Å². The molecular weight excluding hydrogens is 342 g/mol. The number of amides is 1. The summed E-state index contributed by atoms with van der Waals surface area (Å²) in [7, 11) is 0. The van der Waals surface area contributed by atoms with Gasteiger partial charge in [-0.1, -0.05) is 13.8 Å². The highest BCUT2D eigenvalue weighted by atomic mass is 16.5. The standard InChI is InChI=1S/C21H29N3O3/c1-14(2)13-27-21-18(17-11-22-23(12-17)9-10-25)7-8-20-19(21)6-5-15(3)24(20)16(4)26/h7-8,11-12,14-15,25H,5-6,9-10,13H2,1-4H3/t15-/m0/s1. The number of ether oxygens (including phenoxy) is 1. The minimum atomic E-state index is 0.0491. The summed E-state index contributed by atoms with van der Waals surface area (Å²) in [6.07, 6.45) is 5.52. The first kappa shape index (κ1) is 19.4. The van der Waals surface area contributed by atoms with Crippen molar-refractivity contribution in [3.63, 3.8) is 0 Å². The Morgan fingerprint density at radius 1 is 1.41 bits per heavy atom. The Morgan fingerprint density at radius 2 is 2.19 bits per heavy atom. The summed E-state index contributed by atoms with van der Waals surface area (Å²) in [6.45, 7) is 9.08. The van der Waals surface area contributed by atoms with E-state index in [4.69, 9.17) is 9.84 Å². The van der Waals surface area contributed by atoms with Gasteiger partial charge in [-0.2, -0.15) is 5.10 Å². The van der Waals surface area contributed by atoms with Gasteiger partial charge in [-0.05, 0) is 37.8 Å². The van der Waals surface area contributed by atoms with E-state index < -0.39 is 0 Å². The number of hydrogen-bond acceptors (Lipinski definition) is 4. The van der Waals surface area contributed by atoms with Crippen molar-refractivity contribution in [1.82, 2.24) is 9.78 Å². The van der Waals surface area contributed by atoms with Crippen LogP contribution in [0, 0.1) is 5.92 Å². The molecule has 1 aromatic carbocycles. The lowest BCUT2D eigenvalue weighted by Gasteiger charge is -2.36. The molecular formula is C21H29N3O3. The highest BCUT2D eigenvalue weighted by molar-refractivity contribution is 5.95. The molecule has 6 nitrogen and oxygen atoms in total. The highest BCUT2D eigenvalue weighted by Gasteiger charge is 2.30. The van der Waals surface area contributed by atoms with Gasteiger partial charge in [-0.3, -0.25) is 9.48 Å². The molecule has 27 heavy (non-hydrogen) atoms. The van der Waals surface area contributed by atoms with Crippen LogP contribution in [0.15, 0.2) is 24.5 Å². The molecule has 2 heterocycles. The third-order valence-electron chi connectivity index (χ3n) is 4.92. The van der Waals surface area contributed by atoms with Crippen molar-refractivity contribution in [3.05, 3.63) is 30.1 Å².